The van der Waals surface area contributed by atoms with E-state index in [-0.39, 0.29) is 34.9 Å². The average Bonchev–Trinajstić information content (AvgIpc) is 3.25. The van der Waals surface area contributed by atoms with Crippen LogP contribution in [-0.2, 0) is 9.59 Å². The number of para-hydroxylation sites is 1. The number of carbonyl (C=O) groups excluding carboxylic acids is 2. The Bertz CT molecular complexity index is 1350. The van der Waals surface area contributed by atoms with Crippen molar-refractivity contribution in [1.82, 2.24) is 25.6 Å². The molecule has 4 N–H and O–H groups in total. The molecule has 4 aliphatic rings. The van der Waals surface area contributed by atoms with Gasteiger partial charge in [0, 0.05) is 40.3 Å². The Morgan fingerprint density at radius 3 is 2.75 bits per heavy atom. The molecule has 2 aromatic heterocycles. The van der Waals surface area contributed by atoms with E-state index >= 15 is 0 Å². The molecular formula is C27H29ClN6O2. The third-order valence-corrected chi connectivity index (χ3v) is 8.29. The third-order valence-electron chi connectivity index (χ3n) is 8.02. The number of benzene rings is 1. The van der Waals surface area contributed by atoms with Gasteiger partial charge in [0.1, 0.15) is 0 Å². The molecule has 2 unspecified atom stereocenters. The number of fused-ring (bicyclic) bond motifs is 1. The summed E-state index contributed by atoms with van der Waals surface area (Å²) in [6.07, 6.45) is 10.8. The third kappa shape index (κ3) is 3.93. The van der Waals surface area contributed by atoms with Crippen LogP contribution < -0.4 is 16.0 Å². The molecule has 1 aromatic carbocycles. The van der Waals surface area contributed by atoms with Crippen molar-refractivity contribution in [2.45, 2.75) is 62.6 Å². The van der Waals surface area contributed by atoms with E-state index in [0.717, 1.165) is 61.4 Å². The Balaban J connectivity index is 1.09. The molecule has 4 saturated carbocycles. The minimum Gasteiger partial charge on any atom is -0.360 e. The van der Waals surface area contributed by atoms with Crippen molar-refractivity contribution < 1.29 is 9.59 Å². The molecular weight excluding hydrogens is 476 g/mol. The minimum absolute atomic E-state index is 0.108. The maximum atomic E-state index is 13.0. The molecule has 4 fully saturated rings. The van der Waals surface area contributed by atoms with Crippen LogP contribution >= 0.6 is 11.6 Å². The molecule has 8 nitrogen and oxygen atoms in total. The van der Waals surface area contributed by atoms with E-state index in [0.29, 0.717) is 16.7 Å². The molecule has 0 spiro atoms. The number of hydrogen-bond donors (Lipinski definition) is 4. The summed E-state index contributed by atoms with van der Waals surface area (Å²) in [6.45, 7) is 3.51. The van der Waals surface area contributed by atoms with Gasteiger partial charge in [-0.2, -0.15) is 0 Å². The van der Waals surface area contributed by atoms with Crippen molar-refractivity contribution in [3.05, 3.63) is 54.3 Å². The number of hydrogen-bond acceptors (Lipinski definition) is 5. The summed E-state index contributed by atoms with van der Waals surface area (Å²) >= 11 is 6.48. The van der Waals surface area contributed by atoms with Gasteiger partial charge in [-0.1, -0.05) is 36.4 Å². The number of nitrogens with one attached hydrogen (secondary N) is 4. The molecule has 2 heterocycles. The van der Waals surface area contributed by atoms with E-state index in [1.165, 1.54) is 6.08 Å². The van der Waals surface area contributed by atoms with E-state index in [1.54, 1.807) is 6.20 Å². The topological polar surface area (TPSA) is 112 Å². The molecule has 7 rings (SSSR count). The summed E-state index contributed by atoms with van der Waals surface area (Å²) in [4.78, 5) is 37.1. The quantitative estimate of drug-likeness (QED) is 0.357. The van der Waals surface area contributed by atoms with Crippen molar-refractivity contribution in [3.8, 4) is 11.3 Å². The number of anilines is 1. The number of H-pyrrole nitrogens is 1. The SMILES string of the molecule is C=CC(=O)NC12CC(C(=O)NC3CCCC(Nc4ncc(Cl)c(-c5c[nH]c6ccccc56)n4)C3)(C1)C2. The van der Waals surface area contributed by atoms with Crippen molar-refractivity contribution in [2.24, 2.45) is 5.41 Å². The number of rotatable bonds is 7. The molecule has 4 aliphatic carbocycles. The van der Waals surface area contributed by atoms with Crippen LogP contribution in [0.15, 0.2) is 49.3 Å². The van der Waals surface area contributed by atoms with E-state index in [9.17, 15) is 9.59 Å². The monoisotopic (exact) mass is 504 g/mol. The first-order valence-electron chi connectivity index (χ1n) is 12.5. The van der Waals surface area contributed by atoms with Gasteiger partial charge in [-0.15, -0.1) is 0 Å². The van der Waals surface area contributed by atoms with Gasteiger partial charge in [0.25, 0.3) is 0 Å². The van der Waals surface area contributed by atoms with E-state index in [4.69, 9.17) is 16.6 Å². The summed E-state index contributed by atoms with van der Waals surface area (Å²) in [7, 11) is 0. The van der Waals surface area contributed by atoms with Gasteiger partial charge in [-0.25, -0.2) is 9.97 Å². The zero-order valence-corrected chi connectivity index (χ0v) is 20.7. The minimum atomic E-state index is -0.317. The Morgan fingerprint density at radius 1 is 1.17 bits per heavy atom. The van der Waals surface area contributed by atoms with Gasteiger partial charge in [0.2, 0.25) is 17.8 Å². The molecule has 0 saturated heterocycles. The normalized spacial score (nSPS) is 28.5. The van der Waals surface area contributed by atoms with Crippen LogP contribution in [0.4, 0.5) is 5.95 Å². The predicted octanol–water partition coefficient (Wildman–Crippen LogP) is 4.34. The van der Waals surface area contributed by atoms with Crippen LogP contribution in [0.3, 0.4) is 0 Å². The van der Waals surface area contributed by atoms with Gasteiger partial charge in [-0.05, 0) is 57.1 Å². The van der Waals surface area contributed by atoms with Crippen molar-refractivity contribution in [2.75, 3.05) is 5.32 Å². The number of aromatic amines is 1. The van der Waals surface area contributed by atoms with E-state index in [1.807, 2.05) is 30.5 Å². The van der Waals surface area contributed by atoms with Gasteiger partial charge < -0.3 is 20.9 Å². The molecule has 2 bridgehead atoms. The maximum Gasteiger partial charge on any atom is 0.243 e. The zero-order valence-electron chi connectivity index (χ0n) is 19.9. The summed E-state index contributed by atoms with van der Waals surface area (Å²) in [5, 5.41) is 11.3. The van der Waals surface area contributed by atoms with Crippen molar-refractivity contribution in [3.63, 3.8) is 0 Å². The fourth-order valence-electron chi connectivity index (χ4n) is 6.34. The lowest BCUT2D eigenvalue weighted by atomic mass is 9.39. The number of aromatic nitrogens is 3. The highest BCUT2D eigenvalue weighted by Gasteiger charge is 2.72. The molecule has 9 heteroatoms. The van der Waals surface area contributed by atoms with Gasteiger partial charge in [0.15, 0.2) is 0 Å². The second-order valence-electron chi connectivity index (χ2n) is 10.6. The van der Waals surface area contributed by atoms with E-state index < -0.39 is 0 Å². The van der Waals surface area contributed by atoms with Crippen LogP contribution in [0.2, 0.25) is 5.02 Å². The van der Waals surface area contributed by atoms with Crippen molar-refractivity contribution in [1.29, 1.82) is 0 Å². The van der Waals surface area contributed by atoms with Crippen LogP contribution in [0, 0.1) is 5.41 Å². The molecule has 2 amide bonds. The number of amides is 2. The number of nitrogens with zero attached hydrogens (tertiary/aromatic N) is 2. The van der Waals surface area contributed by atoms with Crippen molar-refractivity contribution >= 4 is 40.3 Å². The van der Waals surface area contributed by atoms with Gasteiger partial charge in [-0.3, -0.25) is 9.59 Å². The summed E-state index contributed by atoms with van der Waals surface area (Å²) in [6, 6.07) is 8.32. The highest BCUT2D eigenvalue weighted by atomic mass is 35.5. The zero-order chi connectivity index (χ0) is 24.9. The molecule has 3 aromatic rings. The van der Waals surface area contributed by atoms with Gasteiger partial charge >= 0.3 is 0 Å². The van der Waals surface area contributed by atoms with Gasteiger partial charge in [0.05, 0.1) is 22.3 Å². The largest absolute Gasteiger partial charge is 0.360 e. The highest BCUT2D eigenvalue weighted by Crippen LogP contribution is 2.67. The number of carbonyl (C=O) groups is 2. The van der Waals surface area contributed by atoms with Crippen LogP contribution in [0.25, 0.3) is 22.2 Å². The Morgan fingerprint density at radius 2 is 1.94 bits per heavy atom. The highest BCUT2D eigenvalue weighted by molar-refractivity contribution is 6.33. The smallest absolute Gasteiger partial charge is 0.243 e. The standard InChI is InChI=1S/C27H29ClN6O2/c1-2-22(35)34-27-13-26(14-27,15-27)24(36)31-16-6-5-7-17(10-16)32-25-30-12-20(28)23(33-25)19-11-29-21-9-4-3-8-18(19)21/h2-4,8-9,11-12,16-17,29H,1,5-7,10,13-15H2,(H,31,36)(H,34,35)(H,30,32,33). The Kier molecular flexibility index (Phi) is 5.52. The lowest BCUT2D eigenvalue weighted by Crippen LogP contribution is -2.78. The molecule has 186 valence electrons. The Labute approximate surface area is 214 Å². The second kappa shape index (κ2) is 8.62. The summed E-state index contributed by atoms with van der Waals surface area (Å²) in [5.74, 6) is 0.491. The molecule has 36 heavy (non-hydrogen) atoms. The molecule has 2 atom stereocenters. The lowest BCUT2D eigenvalue weighted by Gasteiger charge is -2.69. The van der Waals surface area contributed by atoms with Crippen LogP contribution in [0.5, 0.6) is 0 Å². The maximum absolute atomic E-state index is 13.0. The summed E-state index contributed by atoms with van der Waals surface area (Å²) < 4.78 is 0. The van der Waals surface area contributed by atoms with E-state index in [2.05, 4.69) is 32.5 Å². The molecule has 0 aliphatic heterocycles. The van der Waals surface area contributed by atoms with Crippen LogP contribution in [0.1, 0.15) is 44.9 Å². The summed E-state index contributed by atoms with van der Waals surface area (Å²) in [5.41, 5.74) is 2.14. The Hall–Kier alpha value is -3.39. The first-order chi connectivity index (χ1) is 17.4. The first-order valence-corrected chi connectivity index (χ1v) is 12.9. The number of halogens is 1. The average molecular weight is 505 g/mol. The van der Waals surface area contributed by atoms with Crippen LogP contribution in [-0.4, -0.2) is 44.4 Å². The fourth-order valence-corrected chi connectivity index (χ4v) is 6.53. The molecule has 0 radical (unpaired) electrons. The predicted molar refractivity (Wildman–Crippen MR) is 139 cm³/mol. The fraction of sp³-hybridized carbons (Fsp3) is 0.407. The second-order valence-corrected chi connectivity index (χ2v) is 11.0. The lowest BCUT2D eigenvalue weighted by molar-refractivity contribution is -0.183. The first kappa shape index (κ1) is 23.0.